The minimum atomic E-state index is -0.265. The molecule has 1 heterocycles. The van der Waals surface area contributed by atoms with Crippen LogP contribution in [0.2, 0.25) is 0 Å². The summed E-state index contributed by atoms with van der Waals surface area (Å²) in [4.78, 5) is 24.7. The van der Waals surface area contributed by atoms with Crippen LogP contribution in [-0.2, 0) is 9.59 Å². The van der Waals surface area contributed by atoms with E-state index in [2.05, 4.69) is 19.2 Å². The fraction of sp³-hybridized carbons (Fsp3) is 0.846. The van der Waals surface area contributed by atoms with Gasteiger partial charge in [-0.2, -0.15) is 0 Å². The monoisotopic (exact) mass is 255 g/mol. The van der Waals surface area contributed by atoms with E-state index in [0.29, 0.717) is 12.5 Å². The minimum Gasteiger partial charge on any atom is -0.370 e. The van der Waals surface area contributed by atoms with Gasteiger partial charge >= 0.3 is 0 Å². The Balaban J connectivity index is 2.32. The van der Waals surface area contributed by atoms with Gasteiger partial charge in [-0.25, -0.2) is 0 Å². The first-order valence-corrected chi connectivity index (χ1v) is 6.84. The lowest BCUT2D eigenvalue weighted by Gasteiger charge is -2.33. The number of rotatable bonds is 7. The van der Waals surface area contributed by atoms with Crippen molar-refractivity contribution in [1.82, 2.24) is 10.2 Å². The molecule has 1 aliphatic heterocycles. The molecule has 0 aromatic carbocycles. The lowest BCUT2D eigenvalue weighted by atomic mass is 10.0. The van der Waals surface area contributed by atoms with E-state index in [1.807, 2.05) is 4.90 Å². The molecule has 5 heteroatoms. The van der Waals surface area contributed by atoms with E-state index >= 15 is 0 Å². The van der Waals surface area contributed by atoms with E-state index in [9.17, 15) is 9.59 Å². The molecule has 104 valence electrons. The molecule has 18 heavy (non-hydrogen) atoms. The fourth-order valence-electron chi connectivity index (χ4n) is 2.32. The zero-order chi connectivity index (χ0) is 13.5. The number of nitrogens with one attached hydrogen (secondary N) is 1. The molecule has 3 N–H and O–H groups in total. The topological polar surface area (TPSA) is 75.4 Å². The molecule has 0 saturated carbocycles. The molecule has 2 amide bonds. The van der Waals surface area contributed by atoms with Crippen LogP contribution in [0.4, 0.5) is 0 Å². The summed E-state index contributed by atoms with van der Waals surface area (Å²) >= 11 is 0. The summed E-state index contributed by atoms with van der Waals surface area (Å²) in [7, 11) is 0. The number of hydrogen-bond donors (Lipinski definition) is 2. The third kappa shape index (κ3) is 5.04. The summed E-state index contributed by atoms with van der Waals surface area (Å²) in [6.07, 6.45) is 4.00. The van der Waals surface area contributed by atoms with Crippen LogP contribution < -0.4 is 11.1 Å². The van der Waals surface area contributed by atoms with Crippen molar-refractivity contribution in [3.05, 3.63) is 0 Å². The molecule has 0 spiro atoms. The maximum atomic E-state index is 12.2. The zero-order valence-corrected chi connectivity index (χ0v) is 11.4. The van der Waals surface area contributed by atoms with Crippen molar-refractivity contribution in [2.24, 2.45) is 5.73 Å². The molecule has 0 aliphatic carbocycles. The van der Waals surface area contributed by atoms with E-state index in [1.165, 1.54) is 0 Å². The standard InChI is InChI=1S/C13H25N3O2/c1-10(2)15-11-6-5-9-16(13(11)18)8-4-3-7-12(14)17/h10-11,15H,3-9H2,1-2H3,(H2,14,17). The van der Waals surface area contributed by atoms with Crippen LogP contribution >= 0.6 is 0 Å². The highest BCUT2D eigenvalue weighted by Crippen LogP contribution is 2.13. The van der Waals surface area contributed by atoms with Crippen molar-refractivity contribution in [3.8, 4) is 0 Å². The molecule has 0 bridgehead atoms. The smallest absolute Gasteiger partial charge is 0.239 e. The average Bonchev–Trinajstić information content (AvgIpc) is 2.28. The highest BCUT2D eigenvalue weighted by atomic mass is 16.2. The average molecular weight is 255 g/mol. The third-order valence-electron chi connectivity index (χ3n) is 3.17. The molecule has 5 nitrogen and oxygen atoms in total. The summed E-state index contributed by atoms with van der Waals surface area (Å²) in [5.74, 6) is -0.0617. The van der Waals surface area contributed by atoms with Crippen molar-refractivity contribution >= 4 is 11.8 Å². The highest BCUT2D eigenvalue weighted by Gasteiger charge is 2.28. The van der Waals surface area contributed by atoms with Crippen molar-refractivity contribution in [1.29, 1.82) is 0 Å². The summed E-state index contributed by atoms with van der Waals surface area (Å²) < 4.78 is 0. The molecule has 1 atom stereocenters. The predicted molar refractivity (Wildman–Crippen MR) is 70.9 cm³/mol. The molecular weight excluding hydrogens is 230 g/mol. The summed E-state index contributed by atoms with van der Waals surface area (Å²) in [6, 6.07) is 0.295. The van der Waals surface area contributed by atoms with Gasteiger partial charge in [-0.15, -0.1) is 0 Å². The molecule has 0 radical (unpaired) electrons. The first-order chi connectivity index (χ1) is 8.50. The number of amides is 2. The number of hydrogen-bond acceptors (Lipinski definition) is 3. The number of piperidine rings is 1. The number of primary amides is 1. The highest BCUT2D eigenvalue weighted by molar-refractivity contribution is 5.82. The van der Waals surface area contributed by atoms with Gasteiger partial charge in [0, 0.05) is 25.6 Å². The summed E-state index contributed by atoms with van der Waals surface area (Å²) in [6.45, 7) is 5.69. The van der Waals surface area contributed by atoms with E-state index in [1.54, 1.807) is 0 Å². The number of carbonyl (C=O) groups excluding carboxylic acids is 2. The second-order valence-corrected chi connectivity index (χ2v) is 5.26. The molecule has 0 aromatic rings. The van der Waals surface area contributed by atoms with Crippen molar-refractivity contribution in [2.75, 3.05) is 13.1 Å². The minimum absolute atomic E-state index is 0.0325. The van der Waals surface area contributed by atoms with Gasteiger partial charge in [0.25, 0.3) is 0 Å². The number of nitrogens with zero attached hydrogens (tertiary/aromatic N) is 1. The van der Waals surface area contributed by atoms with E-state index in [4.69, 9.17) is 5.73 Å². The van der Waals surface area contributed by atoms with Crippen molar-refractivity contribution in [2.45, 2.75) is 58.0 Å². The Hall–Kier alpha value is -1.10. The van der Waals surface area contributed by atoms with Gasteiger partial charge in [0.2, 0.25) is 11.8 Å². The number of nitrogens with two attached hydrogens (primary N) is 1. The Morgan fingerprint density at radius 1 is 1.50 bits per heavy atom. The fourth-order valence-corrected chi connectivity index (χ4v) is 2.32. The van der Waals surface area contributed by atoms with Crippen LogP contribution in [0.3, 0.4) is 0 Å². The van der Waals surface area contributed by atoms with Crippen molar-refractivity contribution in [3.63, 3.8) is 0 Å². The van der Waals surface area contributed by atoms with Crippen molar-refractivity contribution < 1.29 is 9.59 Å². The van der Waals surface area contributed by atoms with Gasteiger partial charge in [-0.3, -0.25) is 9.59 Å². The maximum Gasteiger partial charge on any atom is 0.239 e. The maximum absolute atomic E-state index is 12.2. The number of likely N-dealkylation sites (tertiary alicyclic amines) is 1. The largest absolute Gasteiger partial charge is 0.370 e. The SMILES string of the molecule is CC(C)NC1CCCN(CCCCC(N)=O)C1=O. The number of unbranched alkanes of at least 4 members (excludes halogenated alkanes) is 1. The Morgan fingerprint density at radius 3 is 2.83 bits per heavy atom. The molecule has 1 fully saturated rings. The predicted octanol–water partition coefficient (Wildman–Crippen LogP) is 0.631. The molecule has 0 aromatic heterocycles. The van der Waals surface area contributed by atoms with Gasteiger partial charge in [0.05, 0.1) is 6.04 Å². The first kappa shape index (κ1) is 15.0. The Kier molecular flexibility index (Phi) is 6.12. The lowest BCUT2D eigenvalue weighted by Crippen LogP contribution is -2.52. The molecule has 1 unspecified atom stereocenters. The van der Waals surface area contributed by atoms with Gasteiger partial charge in [-0.1, -0.05) is 13.8 Å². The lowest BCUT2D eigenvalue weighted by molar-refractivity contribution is -0.136. The molecule has 1 rings (SSSR count). The quantitative estimate of drug-likeness (QED) is 0.655. The first-order valence-electron chi connectivity index (χ1n) is 6.84. The van der Waals surface area contributed by atoms with Crippen LogP contribution in [0.15, 0.2) is 0 Å². The van der Waals surface area contributed by atoms with Gasteiger partial charge in [-0.05, 0) is 25.7 Å². The van der Waals surface area contributed by atoms with Crippen LogP contribution in [0.1, 0.15) is 46.0 Å². The molecular formula is C13H25N3O2. The summed E-state index contributed by atoms with van der Waals surface area (Å²) in [5, 5.41) is 3.30. The Labute approximate surface area is 109 Å². The number of carbonyl (C=O) groups is 2. The third-order valence-corrected chi connectivity index (χ3v) is 3.17. The van der Waals surface area contributed by atoms with E-state index in [0.717, 1.165) is 38.8 Å². The zero-order valence-electron chi connectivity index (χ0n) is 11.4. The normalized spacial score (nSPS) is 20.5. The molecule has 1 aliphatic rings. The van der Waals surface area contributed by atoms with Crippen LogP contribution in [0.5, 0.6) is 0 Å². The second kappa shape index (κ2) is 7.36. The van der Waals surface area contributed by atoms with Gasteiger partial charge in [0.1, 0.15) is 0 Å². The van der Waals surface area contributed by atoms with E-state index < -0.39 is 0 Å². The van der Waals surface area contributed by atoms with Gasteiger partial charge in [0.15, 0.2) is 0 Å². The van der Waals surface area contributed by atoms with E-state index in [-0.39, 0.29) is 17.9 Å². The Morgan fingerprint density at radius 2 is 2.22 bits per heavy atom. The summed E-state index contributed by atoms with van der Waals surface area (Å²) in [5.41, 5.74) is 5.09. The van der Waals surface area contributed by atoms with Crippen LogP contribution in [0.25, 0.3) is 0 Å². The molecule has 1 saturated heterocycles. The van der Waals surface area contributed by atoms with Gasteiger partial charge < -0.3 is 16.0 Å². The van der Waals surface area contributed by atoms with Crippen LogP contribution in [0, 0.1) is 0 Å². The second-order valence-electron chi connectivity index (χ2n) is 5.26. The van der Waals surface area contributed by atoms with Crippen LogP contribution in [-0.4, -0.2) is 41.9 Å². The Bertz CT molecular complexity index is 292.